The van der Waals surface area contributed by atoms with Crippen LogP contribution >= 0.6 is 15.9 Å². The zero-order chi connectivity index (χ0) is 14.8. The summed E-state index contributed by atoms with van der Waals surface area (Å²) in [5.74, 6) is 2.14. The van der Waals surface area contributed by atoms with Gasteiger partial charge in [-0.1, -0.05) is 15.9 Å². The third-order valence-corrected chi connectivity index (χ3v) is 3.54. The molecule has 0 aliphatic heterocycles. The van der Waals surface area contributed by atoms with E-state index in [0.717, 1.165) is 27.4 Å². The highest BCUT2D eigenvalue weighted by Gasteiger charge is 2.10. The number of imidazole rings is 1. The van der Waals surface area contributed by atoms with E-state index in [1.54, 1.807) is 13.3 Å². The summed E-state index contributed by atoms with van der Waals surface area (Å²) < 4.78 is 8.23. The molecule has 1 aromatic carbocycles. The zero-order valence-electron chi connectivity index (χ0n) is 11.6. The highest BCUT2D eigenvalue weighted by Crippen LogP contribution is 2.31. The van der Waals surface area contributed by atoms with Crippen LogP contribution in [0.25, 0.3) is 5.65 Å². The van der Waals surface area contributed by atoms with Crippen LogP contribution in [0.1, 0.15) is 0 Å². The van der Waals surface area contributed by atoms with Crippen LogP contribution in [0.2, 0.25) is 0 Å². The Labute approximate surface area is 130 Å². The Balaban J connectivity index is 2.09. The van der Waals surface area contributed by atoms with Gasteiger partial charge in [0, 0.05) is 23.9 Å². The average molecular weight is 348 g/mol. The number of anilines is 3. The molecule has 0 fully saturated rings. The first-order valence-electron chi connectivity index (χ1n) is 6.33. The second kappa shape index (κ2) is 5.61. The Hall–Kier alpha value is -2.28. The molecular weight excluding hydrogens is 334 g/mol. The normalized spacial score (nSPS) is 10.6. The highest BCUT2D eigenvalue weighted by atomic mass is 79.9. The number of aromatic nitrogens is 3. The molecule has 6 nitrogen and oxygen atoms in total. The van der Waals surface area contributed by atoms with Gasteiger partial charge in [0.05, 0.1) is 19.0 Å². The maximum Gasteiger partial charge on any atom is 0.180 e. The maximum absolute atomic E-state index is 5.37. The molecule has 3 aromatic rings. The van der Waals surface area contributed by atoms with Crippen molar-refractivity contribution in [2.75, 3.05) is 24.8 Å². The number of nitrogens with one attached hydrogen (secondary N) is 2. The van der Waals surface area contributed by atoms with Gasteiger partial charge in [-0.15, -0.1) is 0 Å². The summed E-state index contributed by atoms with van der Waals surface area (Å²) >= 11 is 3.46. The fourth-order valence-corrected chi connectivity index (χ4v) is 2.40. The number of fused-ring (bicyclic) bond motifs is 1. The van der Waals surface area contributed by atoms with Crippen molar-refractivity contribution in [2.45, 2.75) is 0 Å². The zero-order valence-corrected chi connectivity index (χ0v) is 13.2. The van der Waals surface area contributed by atoms with Gasteiger partial charge in [-0.05, 0) is 18.2 Å². The van der Waals surface area contributed by atoms with E-state index in [-0.39, 0.29) is 0 Å². The lowest BCUT2D eigenvalue weighted by Crippen LogP contribution is -2.03. The lowest BCUT2D eigenvalue weighted by molar-refractivity contribution is 0.416. The van der Waals surface area contributed by atoms with E-state index in [2.05, 4.69) is 36.5 Å². The first kappa shape index (κ1) is 13.7. The number of hydrogen-bond donors (Lipinski definition) is 2. The van der Waals surface area contributed by atoms with Crippen LogP contribution in [0, 0.1) is 0 Å². The Morgan fingerprint density at radius 3 is 2.95 bits per heavy atom. The molecular formula is C14H14BrN5O. The van der Waals surface area contributed by atoms with Crippen molar-refractivity contribution in [2.24, 2.45) is 0 Å². The Kier molecular flexibility index (Phi) is 3.66. The van der Waals surface area contributed by atoms with Gasteiger partial charge in [0.15, 0.2) is 11.5 Å². The minimum absolute atomic E-state index is 0.656. The quantitative estimate of drug-likeness (QED) is 0.758. The van der Waals surface area contributed by atoms with E-state index >= 15 is 0 Å². The number of rotatable bonds is 4. The van der Waals surface area contributed by atoms with Crippen LogP contribution in [0.15, 0.2) is 41.3 Å². The van der Waals surface area contributed by atoms with E-state index in [1.165, 1.54) is 0 Å². The van der Waals surface area contributed by atoms with Gasteiger partial charge in [0.2, 0.25) is 0 Å². The number of nitrogens with zero attached hydrogens (tertiary/aromatic N) is 3. The molecule has 0 saturated carbocycles. The van der Waals surface area contributed by atoms with Crippen molar-refractivity contribution >= 4 is 38.9 Å². The molecule has 0 radical (unpaired) electrons. The number of halogens is 1. The first-order valence-corrected chi connectivity index (χ1v) is 7.12. The van der Waals surface area contributed by atoms with Gasteiger partial charge in [0.1, 0.15) is 11.6 Å². The number of ether oxygens (including phenoxy) is 1. The van der Waals surface area contributed by atoms with Crippen LogP contribution < -0.4 is 15.4 Å². The summed E-state index contributed by atoms with van der Waals surface area (Å²) in [4.78, 5) is 8.84. The lowest BCUT2D eigenvalue weighted by Gasteiger charge is -2.12. The molecule has 0 bridgehead atoms. The van der Waals surface area contributed by atoms with E-state index in [9.17, 15) is 0 Å². The number of methoxy groups -OCH3 is 1. The number of hydrogen-bond acceptors (Lipinski definition) is 5. The minimum atomic E-state index is 0.656. The molecule has 3 rings (SSSR count). The van der Waals surface area contributed by atoms with Crippen molar-refractivity contribution in [1.29, 1.82) is 0 Å². The van der Waals surface area contributed by atoms with Gasteiger partial charge in [-0.3, -0.25) is 0 Å². The van der Waals surface area contributed by atoms with Crippen molar-refractivity contribution in [3.05, 3.63) is 41.3 Å². The average Bonchev–Trinajstić information content (AvgIpc) is 2.96. The standard InChI is InChI=1S/C14H14BrN5O/c1-16-12-8-20-6-5-17-14(20)13(19-12)18-10-7-9(15)3-4-11(10)21-2/h3-8,16H,1-2H3,(H,18,19). The van der Waals surface area contributed by atoms with Gasteiger partial charge >= 0.3 is 0 Å². The Morgan fingerprint density at radius 2 is 2.19 bits per heavy atom. The van der Waals surface area contributed by atoms with Gasteiger partial charge in [-0.25, -0.2) is 9.97 Å². The molecule has 0 amide bonds. The van der Waals surface area contributed by atoms with E-state index in [4.69, 9.17) is 4.74 Å². The molecule has 0 spiro atoms. The van der Waals surface area contributed by atoms with Gasteiger partial charge in [0.25, 0.3) is 0 Å². The van der Waals surface area contributed by atoms with Crippen LogP contribution in [0.4, 0.5) is 17.3 Å². The van der Waals surface area contributed by atoms with Gasteiger partial charge in [-0.2, -0.15) is 0 Å². The maximum atomic E-state index is 5.37. The van der Waals surface area contributed by atoms with Crippen LogP contribution in [-0.4, -0.2) is 28.5 Å². The minimum Gasteiger partial charge on any atom is -0.495 e. The molecule has 0 saturated heterocycles. The van der Waals surface area contributed by atoms with Crippen molar-refractivity contribution in [1.82, 2.24) is 14.4 Å². The summed E-state index contributed by atoms with van der Waals surface area (Å²) in [7, 11) is 3.46. The summed E-state index contributed by atoms with van der Waals surface area (Å²) in [6.07, 6.45) is 5.49. The van der Waals surface area contributed by atoms with E-state index < -0.39 is 0 Å². The summed E-state index contributed by atoms with van der Waals surface area (Å²) in [6.45, 7) is 0. The van der Waals surface area contributed by atoms with E-state index in [1.807, 2.05) is 42.0 Å². The molecule has 0 aliphatic rings. The second-order valence-electron chi connectivity index (χ2n) is 4.35. The van der Waals surface area contributed by atoms with Crippen molar-refractivity contribution in [3.8, 4) is 5.75 Å². The fraction of sp³-hybridized carbons (Fsp3) is 0.143. The lowest BCUT2D eigenvalue weighted by atomic mass is 10.3. The third-order valence-electron chi connectivity index (χ3n) is 3.04. The third kappa shape index (κ3) is 2.64. The fourth-order valence-electron chi connectivity index (χ4n) is 2.04. The van der Waals surface area contributed by atoms with Crippen LogP contribution in [-0.2, 0) is 0 Å². The highest BCUT2D eigenvalue weighted by molar-refractivity contribution is 9.10. The Bertz CT molecular complexity index is 786. The van der Waals surface area contributed by atoms with Crippen molar-refractivity contribution < 1.29 is 4.74 Å². The molecule has 0 unspecified atom stereocenters. The molecule has 2 aromatic heterocycles. The molecule has 21 heavy (non-hydrogen) atoms. The van der Waals surface area contributed by atoms with Crippen LogP contribution in [0.5, 0.6) is 5.75 Å². The topological polar surface area (TPSA) is 63.5 Å². The molecule has 2 N–H and O–H groups in total. The van der Waals surface area contributed by atoms with Crippen molar-refractivity contribution in [3.63, 3.8) is 0 Å². The summed E-state index contributed by atoms with van der Waals surface area (Å²) in [6, 6.07) is 5.75. The monoisotopic (exact) mass is 347 g/mol. The SMILES string of the molecule is CNc1cn2ccnc2c(Nc2cc(Br)ccc2OC)n1. The summed E-state index contributed by atoms with van der Waals surface area (Å²) in [5.41, 5.74) is 1.56. The molecule has 7 heteroatoms. The summed E-state index contributed by atoms with van der Waals surface area (Å²) in [5, 5.41) is 6.31. The van der Waals surface area contributed by atoms with E-state index in [0.29, 0.717) is 5.82 Å². The second-order valence-corrected chi connectivity index (χ2v) is 5.27. The molecule has 0 aliphatic carbocycles. The Morgan fingerprint density at radius 1 is 1.33 bits per heavy atom. The predicted molar refractivity (Wildman–Crippen MR) is 86.5 cm³/mol. The number of benzene rings is 1. The largest absolute Gasteiger partial charge is 0.495 e. The predicted octanol–water partition coefficient (Wildman–Crippen LogP) is 3.29. The molecule has 2 heterocycles. The van der Waals surface area contributed by atoms with Gasteiger partial charge < -0.3 is 19.8 Å². The van der Waals surface area contributed by atoms with Crippen LogP contribution in [0.3, 0.4) is 0 Å². The molecule has 0 atom stereocenters. The molecule has 108 valence electrons. The smallest absolute Gasteiger partial charge is 0.180 e. The first-order chi connectivity index (χ1) is 10.2.